The number of hydrogen-bond acceptors (Lipinski definition) is 7. The normalized spacial score (nSPS) is 18.5. The lowest BCUT2D eigenvalue weighted by Gasteiger charge is -2.24. The molecule has 2 aromatic rings. The number of nitriles is 1. The third-order valence-corrected chi connectivity index (χ3v) is 6.21. The highest BCUT2D eigenvalue weighted by molar-refractivity contribution is 7.89. The number of nitrogens with zero attached hydrogens (tertiary/aromatic N) is 4. The largest absolute Gasteiger partial charge is 0.377 e. The first kappa shape index (κ1) is 16.3. The number of rotatable bonds is 6. The van der Waals surface area contributed by atoms with Crippen LogP contribution in [0.4, 0.5) is 0 Å². The van der Waals surface area contributed by atoms with Gasteiger partial charge in [0.2, 0.25) is 10.0 Å². The summed E-state index contributed by atoms with van der Waals surface area (Å²) in [5, 5.41) is 8.83. The molecule has 1 atom stereocenters. The summed E-state index contributed by atoms with van der Waals surface area (Å²) in [5.41, 5.74) is 0.945. The molecule has 23 heavy (non-hydrogen) atoms. The van der Waals surface area contributed by atoms with Gasteiger partial charge < -0.3 is 4.74 Å². The van der Waals surface area contributed by atoms with Gasteiger partial charge in [0.25, 0.3) is 0 Å². The summed E-state index contributed by atoms with van der Waals surface area (Å²) >= 11 is 0.986. The number of sulfonamides is 1. The van der Waals surface area contributed by atoms with E-state index in [-0.39, 0.29) is 30.5 Å². The molecule has 0 saturated carbocycles. The van der Waals surface area contributed by atoms with Crippen molar-refractivity contribution in [2.24, 2.45) is 0 Å². The predicted molar refractivity (Wildman–Crippen MR) is 85.4 cm³/mol. The van der Waals surface area contributed by atoms with Crippen molar-refractivity contribution in [2.75, 3.05) is 19.7 Å². The zero-order valence-electron chi connectivity index (χ0n) is 12.4. The van der Waals surface area contributed by atoms with Crippen molar-refractivity contribution in [3.63, 3.8) is 0 Å². The van der Waals surface area contributed by atoms with Crippen LogP contribution >= 0.6 is 11.7 Å². The molecule has 1 aliphatic heterocycles. The smallest absolute Gasteiger partial charge is 0.245 e. The molecule has 9 heteroatoms. The highest BCUT2D eigenvalue weighted by Gasteiger charge is 2.30. The van der Waals surface area contributed by atoms with E-state index >= 15 is 0 Å². The first-order chi connectivity index (χ1) is 11.1. The van der Waals surface area contributed by atoms with Gasteiger partial charge in [-0.3, -0.25) is 0 Å². The monoisotopic (exact) mass is 352 g/mol. The third kappa shape index (κ3) is 3.35. The van der Waals surface area contributed by atoms with Crippen LogP contribution in [0.1, 0.15) is 19.3 Å². The molecule has 122 valence electrons. The van der Waals surface area contributed by atoms with Crippen LogP contribution in [0.5, 0.6) is 0 Å². The molecule has 3 rings (SSSR count). The first-order valence-corrected chi connectivity index (χ1v) is 9.50. The van der Waals surface area contributed by atoms with Gasteiger partial charge in [-0.2, -0.15) is 18.3 Å². The summed E-state index contributed by atoms with van der Waals surface area (Å²) in [6, 6.07) is 6.93. The average Bonchev–Trinajstić information content (AvgIpc) is 3.21. The van der Waals surface area contributed by atoms with Crippen LogP contribution in [-0.4, -0.2) is 47.3 Å². The maximum Gasteiger partial charge on any atom is 0.245 e. The summed E-state index contributed by atoms with van der Waals surface area (Å²) in [6.07, 6.45) is 1.79. The number of aromatic nitrogens is 2. The maximum atomic E-state index is 13.0. The molecule has 0 unspecified atom stereocenters. The minimum atomic E-state index is -3.75. The number of ether oxygens (including phenoxy) is 1. The van der Waals surface area contributed by atoms with Gasteiger partial charge in [-0.05, 0) is 25.0 Å². The van der Waals surface area contributed by atoms with Gasteiger partial charge in [-0.15, -0.1) is 0 Å². The van der Waals surface area contributed by atoms with Crippen molar-refractivity contribution in [2.45, 2.75) is 30.3 Å². The molecular formula is C14H16N4O3S2. The fourth-order valence-corrected chi connectivity index (χ4v) is 4.85. The van der Waals surface area contributed by atoms with Crippen molar-refractivity contribution < 1.29 is 13.2 Å². The Kier molecular flexibility index (Phi) is 4.87. The van der Waals surface area contributed by atoms with E-state index in [1.165, 1.54) is 10.4 Å². The van der Waals surface area contributed by atoms with E-state index in [9.17, 15) is 8.42 Å². The second-order valence-corrected chi connectivity index (χ2v) is 7.73. The second-order valence-electron chi connectivity index (χ2n) is 5.29. The molecule has 0 amide bonds. The van der Waals surface area contributed by atoms with Gasteiger partial charge >= 0.3 is 0 Å². The lowest BCUT2D eigenvalue weighted by molar-refractivity contribution is 0.0941. The van der Waals surface area contributed by atoms with Gasteiger partial charge in [-0.1, -0.05) is 6.07 Å². The van der Waals surface area contributed by atoms with E-state index in [4.69, 9.17) is 10.00 Å². The van der Waals surface area contributed by atoms with Crippen LogP contribution in [-0.2, 0) is 14.8 Å². The average molecular weight is 352 g/mol. The molecule has 1 aliphatic rings. The summed E-state index contributed by atoms with van der Waals surface area (Å²) in [6.45, 7) is 1.06. The summed E-state index contributed by atoms with van der Waals surface area (Å²) < 4.78 is 41.2. The van der Waals surface area contributed by atoms with E-state index in [0.29, 0.717) is 17.6 Å². The Morgan fingerprint density at radius 3 is 3.04 bits per heavy atom. The van der Waals surface area contributed by atoms with Gasteiger partial charge in [-0.25, -0.2) is 8.42 Å². The lowest BCUT2D eigenvalue weighted by atomic mass is 10.2. The van der Waals surface area contributed by atoms with Crippen molar-refractivity contribution in [3.05, 3.63) is 18.2 Å². The molecule has 1 aromatic carbocycles. The molecular weight excluding hydrogens is 336 g/mol. The number of fused-ring (bicyclic) bond motifs is 1. The van der Waals surface area contributed by atoms with Gasteiger partial charge in [0.15, 0.2) is 0 Å². The van der Waals surface area contributed by atoms with Crippen molar-refractivity contribution in [3.8, 4) is 6.07 Å². The number of benzene rings is 1. The molecule has 1 saturated heterocycles. The molecule has 2 heterocycles. The van der Waals surface area contributed by atoms with Gasteiger partial charge in [0, 0.05) is 26.1 Å². The van der Waals surface area contributed by atoms with E-state index in [2.05, 4.69) is 8.75 Å². The quantitative estimate of drug-likeness (QED) is 0.786. The Bertz CT molecular complexity index is 822. The molecule has 1 fully saturated rings. The maximum absolute atomic E-state index is 13.0. The molecule has 0 N–H and O–H groups in total. The zero-order chi connectivity index (χ0) is 16.3. The van der Waals surface area contributed by atoms with Crippen LogP contribution in [0.3, 0.4) is 0 Å². The summed E-state index contributed by atoms with van der Waals surface area (Å²) in [4.78, 5) is 0.139. The molecule has 0 bridgehead atoms. The van der Waals surface area contributed by atoms with Crippen LogP contribution in [0.25, 0.3) is 11.0 Å². The predicted octanol–water partition coefficient (Wildman–Crippen LogP) is 1.77. The summed E-state index contributed by atoms with van der Waals surface area (Å²) in [7, 11) is -3.75. The Morgan fingerprint density at radius 1 is 1.43 bits per heavy atom. The topological polar surface area (TPSA) is 96.2 Å². The zero-order valence-corrected chi connectivity index (χ0v) is 14.0. The Balaban J connectivity index is 1.95. The van der Waals surface area contributed by atoms with Crippen molar-refractivity contribution in [1.82, 2.24) is 13.1 Å². The fourth-order valence-electron chi connectivity index (χ4n) is 2.63. The van der Waals surface area contributed by atoms with Crippen LogP contribution < -0.4 is 0 Å². The minimum absolute atomic E-state index is 0.115. The van der Waals surface area contributed by atoms with Crippen LogP contribution in [0, 0.1) is 11.3 Å². The Morgan fingerprint density at radius 2 is 2.30 bits per heavy atom. The lowest BCUT2D eigenvalue weighted by Crippen LogP contribution is -2.38. The van der Waals surface area contributed by atoms with Crippen molar-refractivity contribution in [1.29, 1.82) is 5.26 Å². The Labute approximate surface area is 138 Å². The van der Waals surface area contributed by atoms with E-state index < -0.39 is 10.0 Å². The molecule has 1 aromatic heterocycles. The third-order valence-electron chi connectivity index (χ3n) is 3.77. The first-order valence-electron chi connectivity index (χ1n) is 7.33. The second kappa shape index (κ2) is 6.88. The molecule has 0 radical (unpaired) electrons. The number of hydrogen-bond donors (Lipinski definition) is 0. The molecule has 7 nitrogen and oxygen atoms in total. The van der Waals surface area contributed by atoms with E-state index in [0.717, 1.165) is 24.6 Å². The van der Waals surface area contributed by atoms with Gasteiger partial charge in [0.05, 0.1) is 23.9 Å². The molecule has 0 aliphatic carbocycles. The van der Waals surface area contributed by atoms with Crippen molar-refractivity contribution >= 4 is 32.8 Å². The fraction of sp³-hybridized carbons (Fsp3) is 0.500. The highest BCUT2D eigenvalue weighted by atomic mass is 32.2. The van der Waals surface area contributed by atoms with Crippen LogP contribution in [0.15, 0.2) is 23.1 Å². The van der Waals surface area contributed by atoms with Gasteiger partial charge in [0.1, 0.15) is 15.9 Å². The van der Waals surface area contributed by atoms with E-state index in [1.54, 1.807) is 12.1 Å². The Hall–Kier alpha value is -1.60. The SMILES string of the molecule is N#CCCN(C[C@H]1CCCO1)S(=O)(=O)c1cccc2nsnc12. The standard InChI is InChI=1S/C14H16N4O3S2/c15-7-3-8-18(10-11-4-2-9-21-11)23(19,20)13-6-1-5-12-14(13)17-22-16-12/h1,5-6,11H,2-4,8-10H2/t11-/m1/s1. The minimum Gasteiger partial charge on any atom is -0.377 e. The van der Waals surface area contributed by atoms with Crippen LogP contribution in [0.2, 0.25) is 0 Å². The molecule has 0 spiro atoms. The highest BCUT2D eigenvalue weighted by Crippen LogP contribution is 2.26. The van der Waals surface area contributed by atoms with E-state index in [1.807, 2.05) is 6.07 Å². The summed E-state index contributed by atoms with van der Waals surface area (Å²) in [5.74, 6) is 0.